The first-order chi connectivity index (χ1) is 9.52. The molecule has 2 aliphatic heterocycles. The van der Waals surface area contributed by atoms with Gasteiger partial charge in [-0.3, -0.25) is 0 Å². The molecule has 1 N–H and O–H groups in total. The molecule has 0 aliphatic carbocycles. The normalized spacial score (nSPS) is 26.7. The van der Waals surface area contributed by atoms with Gasteiger partial charge in [0.1, 0.15) is 5.75 Å². The van der Waals surface area contributed by atoms with Gasteiger partial charge in [-0.2, -0.15) is 4.31 Å². The number of sulfonamides is 1. The average Bonchev–Trinajstić information content (AvgIpc) is 2.99. The number of benzene rings is 1. The Hall–Kier alpha value is -0.820. The topological polar surface area (TPSA) is 58.6 Å². The summed E-state index contributed by atoms with van der Waals surface area (Å²) in [6, 6.07) is 4.60. The Morgan fingerprint density at radius 2 is 1.95 bits per heavy atom. The van der Waals surface area contributed by atoms with Gasteiger partial charge < -0.3 is 10.1 Å². The van der Waals surface area contributed by atoms with Gasteiger partial charge in [0.15, 0.2) is 0 Å². The molecule has 2 unspecified atom stereocenters. The highest BCUT2D eigenvalue weighted by Crippen LogP contribution is 2.33. The number of nitrogens with zero attached hydrogens (tertiary/aromatic N) is 1. The number of halogens is 1. The van der Waals surface area contributed by atoms with E-state index in [0.717, 1.165) is 13.1 Å². The maximum absolute atomic E-state index is 12.6. The van der Waals surface area contributed by atoms with Crippen LogP contribution in [-0.2, 0) is 10.0 Å². The molecule has 0 spiro atoms. The van der Waals surface area contributed by atoms with Crippen LogP contribution in [0.15, 0.2) is 23.1 Å². The fraction of sp³-hybridized carbons (Fsp3) is 0.538. The van der Waals surface area contributed by atoms with Crippen molar-refractivity contribution in [2.75, 3.05) is 33.3 Å². The van der Waals surface area contributed by atoms with Crippen molar-refractivity contribution in [3.63, 3.8) is 0 Å². The molecule has 2 aliphatic rings. The van der Waals surface area contributed by atoms with E-state index < -0.39 is 10.0 Å². The van der Waals surface area contributed by atoms with Crippen LogP contribution in [0.4, 0.5) is 0 Å². The molecule has 7 heteroatoms. The molecule has 0 aromatic heterocycles. The smallest absolute Gasteiger partial charge is 0.243 e. The van der Waals surface area contributed by atoms with Crippen LogP contribution in [0.3, 0.4) is 0 Å². The Balaban J connectivity index is 1.87. The lowest BCUT2D eigenvalue weighted by Crippen LogP contribution is -2.31. The summed E-state index contributed by atoms with van der Waals surface area (Å²) in [6.07, 6.45) is 0. The van der Waals surface area contributed by atoms with Gasteiger partial charge in [-0.05, 0) is 43.1 Å². The molecule has 1 aromatic carbocycles. The highest BCUT2D eigenvalue weighted by molar-refractivity contribution is 7.89. The minimum absolute atomic E-state index is 0.233. The summed E-state index contributed by atoms with van der Waals surface area (Å²) in [5.41, 5.74) is 0. The Morgan fingerprint density at radius 1 is 1.30 bits per heavy atom. The molecule has 3 rings (SSSR count). The highest BCUT2D eigenvalue weighted by Gasteiger charge is 2.41. The first kappa shape index (κ1) is 14.1. The van der Waals surface area contributed by atoms with Gasteiger partial charge in [0.25, 0.3) is 0 Å². The first-order valence-corrected chi connectivity index (χ1v) is 8.38. The Morgan fingerprint density at radius 3 is 2.50 bits per heavy atom. The predicted octanol–water partition coefficient (Wildman–Crippen LogP) is 1.19. The molecule has 5 nitrogen and oxygen atoms in total. The quantitative estimate of drug-likeness (QED) is 0.910. The minimum Gasteiger partial charge on any atom is -0.495 e. The van der Waals surface area contributed by atoms with Crippen molar-refractivity contribution in [2.24, 2.45) is 11.8 Å². The SMILES string of the molecule is COc1ccc(S(=O)(=O)N2CC3CNCC3C2)cc1Cl. The molecular weight excluding hydrogens is 300 g/mol. The van der Waals surface area contributed by atoms with Crippen LogP contribution in [0, 0.1) is 11.8 Å². The molecule has 0 radical (unpaired) electrons. The lowest BCUT2D eigenvalue weighted by molar-refractivity contribution is 0.414. The van der Waals surface area contributed by atoms with E-state index in [1.807, 2.05) is 0 Å². The van der Waals surface area contributed by atoms with Crippen molar-refractivity contribution >= 4 is 21.6 Å². The van der Waals surface area contributed by atoms with Crippen LogP contribution in [0.25, 0.3) is 0 Å². The second kappa shape index (κ2) is 5.18. The van der Waals surface area contributed by atoms with Crippen LogP contribution >= 0.6 is 11.6 Å². The zero-order valence-corrected chi connectivity index (χ0v) is 12.7. The van der Waals surface area contributed by atoms with E-state index in [0.29, 0.717) is 35.7 Å². The Kier molecular flexibility index (Phi) is 3.66. The summed E-state index contributed by atoms with van der Waals surface area (Å²) < 4.78 is 31.9. The van der Waals surface area contributed by atoms with Crippen LogP contribution in [0.2, 0.25) is 5.02 Å². The van der Waals surface area contributed by atoms with Crippen LogP contribution in [0.5, 0.6) is 5.75 Å². The van der Waals surface area contributed by atoms with E-state index in [2.05, 4.69) is 5.32 Å². The van der Waals surface area contributed by atoms with Crippen LogP contribution in [0.1, 0.15) is 0 Å². The molecule has 0 saturated carbocycles. The van der Waals surface area contributed by atoms with Crippen molar-refractivity contribution in [1.82, 2.24) is 9.62 Å². The standard InChI is InChI=1S/C13H17ClN2O3S/c1-19-13-3-2-11(4-12(13)14)20(17,18)16-7-9-5-15-6-10(9)8-16/h2-4,9-10,15H,5-8H2,1H3. The zero-order chi connectivity index (χ0) is 14.3. The van der Waals surface area contributed by atoms with Crippen LogP contribution < -0.4 is 10.1 Å². The van der Waals surface area contributed by atoms with Crippen LogP contribution in [-0.4, -0.2) is 46.0 Å². The summed E-state index contributed by atoms with van der Waals surface area (Å²) in [5, 5.41) is 3.62. The maximum Gasteiger partial charge on any atom is 0.243 e. The van der Waals surface area contributed by atoms with Gasteiger partial charge in [0.05, 0.1) is 17.0 Å². The summed E-state index contributed by atoms with van der Waals surface area (Å²) in [6.45, 7) is 2.98. The summed E-state index contributed by atoms with van der Waals surface area (Å²) in [7, 11) is -1.96. The summed E-state index contributed by atoms with van der Waals surface area (Å²) in [4.78, 5) is 0.233. The number of methoxy groups -OCH3 is 1. The van der Waals surface area contributed by atoms with E-state index in [-0.39, 0.29) is 4.90 Å². The van der Waals surface area contributed by atoms with E-state index >= 15 is 0 Å². The lowest BCUT2D eigenvalue weighted by Gasteiger charge is -2.18. The van der Waals surface area contributed by atoms with Gasteiger partial charge in [-0.25, -0.2) is 8.42 Å². The molecular formula is C13H17ClN2O3S. The second-order valence-electron chi connectivity index (χ2n) is 5.30. The average molecular weight is 317 g/mol. The van der Waals surface area contributed by atoms with E-state index in [1.54, 1.807) is 16.4 Å². The monoisotopic (exact) mass is 316 g/mol. The number of hydrogen-bond donors (Lipinski definition) is 1. The molecule has 110 valence electrons. The summed E-state index contributed by atoms with van der Waals surface area (Å²) >= 11 is 6.02. The van der Waals surface area contributed by atoms with Crippen molar-refractivity contribution < 1.29 is 13.2 Å². The molecule has 2 atom stereocenters. The van der Waals surface area contributed by atoms with Crippen molar-refractivity contribution in [3.05, 3.63) is 23.2 Å². The third kappa shape index (κ3) is 2.30. The second-order valence-corrected chi connectivity index (χ2v) is 7.64. The zero-order valence-electron chi connectivity index (χ0n) is 11.2. The molecule has 0 bridgehead atoms. The third-order valence-electron chi connectivity index (χ3n) is 4.12. The fourth-order valence-electron chi connectivity index (χ4n) is 2.97. The highest BCUT2D eigenvalue weighted by atomic mass is 35.5. The van der Waals surface area contributed by atoms with Gasteiger partial charge in [-0.1, -0.05) is 11.6 Å². The number of hydrogen-bond acceptors (Lipinski definition) is 4. The van der Waals surface area contributed by atoms with E-state index in [4.69, 9.17) is 16.3 Å². The molecule has 0 amide bonds. The Bertz CT molecular complexity index is 608. The number of ether oxygens (including phenoxy) is 1. The number of nitrogens with one attached hydrogen (secondary N) is 1. The molecule has 2 saturated heterocycles. The molecule has 20 heavy (non-hydrogen) atoms. The van der Waals surface area contributed by atoms with Gasteiger partial charge >= 0.3 is 0 Å². The molecule has 2 fully saturated rings. The first-order valence-electron chi connectivity index (χ1n) is 6.57. The largest absolute Gasteiger partial charge is 0.495 e. The van der Waals surface area contributed by atoms with Gasteiger partial charge in [-0.15, -0.1) is 0 Å². The third-order valence-corrected chi connectivity index (χ3v) is 6.24. The number of rotatable bonds is 3. The predicted molar refractivity (Wildman–Crippen MR) is 76.6 cm³/mol. The van der Waals surface area contributed by atoms with Crippen molar-refractivity contribution in [3.8, 4) is 5.75 Å². The van der Waals surface area contributed by atoms with Gasteiger partial charge in [0, 0.05) is 13.1 Å². The minimum atomic E-state index is -3.46. The Labute approximate surface area is 123 Å². The van der Waals surface area contributed by atoms with E-state index in [9.17, 15) is 8.42 Å². The van der Waals surface area contributed by atoms with Crippen molar-refractivity contribution in [1.29, 1.82) is 0 Å². The van der Waals surface area contributed by atoms with Gasteiger partial charge in [0.2, 0.25) is 10.0 Å². The molecule has 1 aromatic rings. The summed E-state index contributed by atoms with van der Waals surface area (Å²) in [5.74, 6) is 1.34. The fourth-order valence-corrected chi connectivity index (χ4v) is 4.87. The van der Waals surface area contributed by atoms with E-state index in [1.165, 1.54) is 13.2 Å². The molecule has 2 heterocycles. The van der Waals surface area contributed by atoms with Crippen molar-refractivity contribution in [2.45, 2.75) is 4.90 Å². The number of fused-ring (bicyclic) bond motifs is 1. The maximum atomic E-state index is 12.6. The lowest BCUT2D eigenvalue weighted by atomic mass is 10.0.